The summed E-state index contributed by atoms with van der Waals surface area (Å²) in [4.78, 5) is 18.0. The zero-order valence-corrected chi connectivity index (χ0v) is 12.8. The van der Waals surface area contributed by atoms with Crippen molar-refractivity contribution in [3.63, 3.8) is 0 Å². The van der Waals surface area contributed by atoms with E-state index >= 15 is 0 Å². The molecular formula is C16H20N2O3. The van der Waals surface area contributed by atoms with Gasteiger partial charge < -0.3 is 14.4 Å². The number of benzene rings is 1. The van der Waals surface area contributed by atoms with Crippen molar-refractivity contribution in [3.05, 3.63) is 30.5 Å². The number of fused-ring (bicyclic) bond motifs is 1. The van der Waals surface area contributed by atoms with Crippen molar-refractivity contribution in [1.82, 2.24) is 4.98 Å². The summed E-state index contributed by atoms with van der Waals surface area (Å²) in [5.41, 5.74) is 0. The highest BCUT2D eigenvalue weighted by Crippen LogP contribution is 2.28. The summed E-state index contributed by atoms with van der Waals surface area (Å²) >= 11 is 0. The van der Waals surface area contributed by atoms with Crippen LogP contribution in [0.1, 0.15) is 13.8 Å². The number of ether oxygens (including phenoxy) is 2. The number of anilines is 1. The predicted octanol–water partition coefficient (Wildman–Crippen LogP) is 2.63. The van der Waals surface area contributed by atoms with E-state index in [0.29, 0.717) is 0 Å². The number of hydrogen-bond donors (Lipinski definition) is 0. The molecule has 0 saturated heterocycles. The minimum atomic E-state index is -0.281. The highest BCUT2D eigenvalue weighted by Gasteiger charge is 2.18. The lowest BCUT2D eigenvalue weighted by molar-refractivity contribution is -0.139. The smallest absolute Gasteiger partial charge is 0.325 e. The maximum Gasteiger partial charge on any atom is 0.325 e. The average molecular weight is 288 g/mol. The first-order valence-electron chi connectivity index (χ1n) is 6.83. The summed E-state index contributed by atoms with van der Waals surface area (Å²) < 4.78 is 10.0. The summed E-state index contributed by atoms with van der Waals surface area (Å²) in [5.74, 6) is 1.29. The van der Waals surface area contributed by atoms with Gasteiger partial charge in [-0.2, -0.15) is 0 Å². The first-order chi connectivity index (χ1) is 10.1. The van der Waals surface area contributed by atoms with Gasteiger partial charge in [-0.05, 0) is 43.5 Å². The summed E-state index contributed by atoms with van der Waals surface area (Å²) in [6.45, 7) is 4.21. The molecule has 0 unspecified atom stereocenters. The van der Waals surface area contributed by atoms with E-state index in [1.807, 2.05) is 43.0 Å². The van der Waals surface area contributed by atoms with E-state index in [2.05, 4.69) is 4.98 Å². The van der Waals surface area contributed by atoms with Gasteiger partial charge in [-0.25, -0.2) is 4.98 Å². The molecule has 0 fully saturated rings. The standard InChI is InChI=1S/C16H20N2O3/c1-11(2)18(10-15(19)21-4)16-14-6-5-13(20-3)9-12(14)7-8-17-16/h5-9,11H,10H2,1-4H3. The van der Waals surface area contributed by atoms with Crippen molar-refractivity contribution in [1.29, 1.82) is 0 Å². The van der Waals surface area contributed by atoms with Crippen molar-refractivity contribution >= 4 is 22.6 Å². The average Bonchev–Trinajstić information content (AvgIpc) is 2.50. The van der Waals surface area contributed by atoms with Crippen LogP contribution in [0.4, 0.5) is 5.82 Å². The van der Waals surface area contributed by atoms with Crippen LogP contribution in [0.15, 0.2) is 30.5 Å². The molecule has 1 aromatic heterocycles. The Balaban J connectivity index is 2.49. The van der Waals surface area contributed by atoms with Gasteiger partial charge in [-0.3, -0.25) is 4.79 Å². The second kappa shape index (κ2) is 6.43. The van der Waals surface area contributed by atoms with Gasteiger partial charge in [0.2, 0.25) is 0 Å². The number of carbonyl (C=O) groups excluding carboxylic acids is 1. The molecule has 0 radical (unpaired) electrons. The largest absolute Gasteiger partial charge is 0.497 e. The van der Waals surface area contributed by atoms with Gasteiger partial charge in [0.15, 0.2) is 0 Å². The molecule has 112 valence electrons. The molecule has 1 aromatic carbocycles. The number of rotatable bonds is 5. The van der Waals surface area contributed by atoms with Gasteiger partial charge in [0.05, 0.1) is 14.2 Å². The molecule has 0 aliphatic heterocycles. The Kier molecular flexibility index (Phi) is 4.62. The Morgan fingerprint density at radius 3 is 2.67 bits per heavy atom. The molecule has 0 spiro atoms. The van der Waals surface area contributed by atoms with Crippen molar-refractivity contribution < 1.29 is 14.3 Å². The topological polar surface area (TPSA) is 51.7 Å². The fourth-order valence-electron chi connectivity index (χ4n) is 2.20. The molecule has 2 aromatic rings. The molecular weight excluding hydrogens is 268 g/mol. The van der Waals surface area contributed by atoms with Gasteiger partial charge >= 0.3 is 5.97 Å². The minimum absolute atomic E-state index is 0.129. The molecule has 0 saturated carbocycles. The molecule has 21 heavy (non-hydrogen) atoms. The lowest BCUT2D eigenvalue weighted by atomic mass is 10.1. The number of carbonyl (C=O) groups is 1. The summed E-state index contributed by atoms with van der Waals surface area (Å²) in [5, 5.41) is 2.01. The van der Waals surface area contributed by atoms with Crippen LogP contribution in [0.25, 0.3) is 10.8 Å². The van der Waals surface area contributed by atoms with E-state index in [1.165, 1.54) is 7.11 Å². The number of pyridine rings is 1. The Morgan fingerprint density at radius 1 is 1.29 bits per heavy atom. The SMILES string of the molecule is COC(=O)CN(c1nccc2cc(OC)ccc12)C(C)C. The fraction of sp³-hybridized carbons (Fsp3) is 0.375. The number of esters is 1. The molecule has 2 rings (SSSR count). The number of aromatic nitrogens is 1. The monoisotopic (exact) mass is 288 g/mol. The second-order valence-corrected chi connectivity index (χ2v) is 5.02. The van der Waals surface area contributed by atoms with Crippen LogP contribution >= 0.6 is 0 Å². The van der Waals surface area contributed by atoms with E-state index in [-0.39, 0.29) is 18.6 Å². The third kappa shape index (κ3) is 3.24. The zero-order chi connectivity index (χ0) is 15.4. The van der Waals surface area contributed by atoms with E-state index in [9.17, 15) is 4.79 Å². The van der Waals surface area contributed by atoms with E-state index < -0.39 is 0 Å². The normalized spacial score (nSPS) is 10.7. The van der Waals surface area contributed by atoms with Crippen LogP contribution in [0, 0.1) is 0 Å². The van der Waals surface area contributed by atoms with Crippen LogP contribution in [0.5, 0.6) is 5.75 Å². The van der Waals surface area contributed by atoms with Crippen molar-refractivity contribution in [3.8, 4) is 5.75 Å². The van der Waals surface area contributed by atoms with Crippen molar-refractivity contribution in [2.75, 3.05) is 25.7 Å². The van der Waals surface area contributed by atoms with Crippen LogP contribution in [0.3, 0.4) is 0 Å². The molecule has 0 N–H and O–H groups in total. The van der Waals surface area contributed by atoms with Gasteiger partial charge in [0.25, 0.3) is 0 Å². The lowest BCUT2D eigenvalue weighted by Crippen LogP contribution is -2.37. The minimum Gasteiger partial charge on any atom is -0.497 e. The van der Waals surface area contributed by atoms with E-state index in [4.69, 9.17) is 9.47 Å². The van der Waals surface area contributed by atoms with E-state index in [0.717, 1.165) is 22.3 Å². The summed E-state index contributed by atoms with van der Waals surface area (Å²) in [7, 11) is 3.03. The third-order valence-corrected chi connectivity index (χ3v) is 3.37. The Bertz CT molecular complexity index is 640. The summed E-state index contributed by atoms with van der Waals surface area (Å²) in [6.07, 6.45) is 1.74. The molecule has 0 bridgehead atoms. The number of nitrogens with zero attached hydrogens (tertiary/aromatic N) is 2. The Hall–Kier alpha value is -2.30. The predicted molar refractivity (Wildman–Crippen MR) is 82.8 cm³/mol. The van der Waals surface area contributed by atoms with Gasteiger partial charge in [-0.1, -0.05) is 0 Å². The summed E-state index contributed by atoms with van der Waals surface area (Å²) in [6, 6.07) is 7.87. The van der Waals surface area contributed by atoms with Crippen molar-refractivity contribution in [2.24, 2.45) is 0 Å². The third-order valence-electron chi connectivity index (χ3n) is 3.37. The molecule has 1 heterocycles. The van der Waals surface area contributed by atoms with Crippen LogP contribution in [0.2, 0.25) is 0 Å². The molecule has 0 atom stereocenters. The molecule has 0 aliphatic rings. The van der Waals surface area contributed by atoms with Crippen LogP contribution < -0.4 is 9.64 Å². The van der Waals surface area contributed by atoms with Gasteiger partial charge in [0.1, 0.15) is 18.1 Å². The highest BCUT2D eigenvalue weighted by molar-refractivity contribution is 5.94. The van der Waals surface area contributed by atoms with E-state index in [1.54, 1.807) is 13.3 Å². The Labute approximate surface area is 124 Å². The first kappa shape index (κ1) is 15.1. The number of methoxy groups -OCH3 is 2. The maximum atomic E-state index is 11.6. The zero-order valence-electron chi connectivity index (χ0n) is 12.8. The second-order valence-electron chi connectivity index (χ2n) is 5.02. The molecule has 0 amide bonds. The van der Waals surface area contributed by atoms with Crippen LogP contribution in [-0.2, 0) is 9.53 Å². The fourth-order valence-corrected chi connectivity index (χ4v) is 2.20. The molecule has 5 heteroatoms. The quantitative estimate of drug-likeness (QED) is 0.792. The van der Waals surface area contributed by atoms with Crippen molar-refractivity contribution in [2.45, 2.75) is 19.9 Å². The van der Waals surface area contributed by atoms with Gasteiger partial charge in [0, 0.05) is 17.6 Å². The van der Waals surface area contributed by atoms with Crippen LogP contribution in [-0.4, -0.2) is 37.8 Å². The maximum absolute atomic E-state index is 11.6. The highest BCUT2D eigenvalue weighted by atomic mass is 16.5. The van der Waals surface area contributed by atoms with Gasteiger partial charge in [-0.15, -0.1) is 0 Å². The lowest BCUT2D eigenvalue weighted by Gasteiger charge is -2.27. The molecule has 0 aliphatic carbocycles. The Morgan fingerprint density at radius 2 is 2.05 bits per heavy atom. The first-order valence-corrected chi connectivity index (χ1v) is 6.83. The molecule has 5 nitrogen and oxygen atoms in total. The number of hydrogen-bond acceptors (Lipinski definition) is 5.